The number of aliphatic carboxylic acids is 1. The predicted molar refractivity (Wildman–Crippen MR) is 100 cm³/mol. The van der Waals surface area contributed by atoms with Crippen molar-refractivity contribution in [2.24, 2.45) is 5.92 Å². The van der Waals surface area contributed by atoms with E-state index < -0.39 is 20.3 Å². The molecule has 3 N–H and O–H groups in total. The van der Waals surface area contributed by atoms with Gasteiger partial charge in [-0.1, -0.05) is 58.8 Å². The largest absolute Gasteiger partial charge is 0.480 e. The number of carbonyl (C=O) groups is 2. The fourth-order valence-corrected chi connectivity index (χ4v) is 3.78. The van der Waals surface area contributed by atoms with E-state index in [2.05, 4.69) is 5.32 Å². The lowest BCUT2D eigenvalue weighted by Gasteiger charge is -2.17. The molecule has 0 aromatic heterocycles. The molecule has 0 rings (SSSR count). The second kappa shape index (κ2) is 12.5. The van der Waals surface area contributed by atoms with E-state index in [4.69, 9.17) is 5.11 Å². The van der Waals surface area contributed by atoms with Crippen molar-refractivity contribution in [3.63, 3.8) is 0 Å². The third kappa shape index (κ3) is 13.5. The van der Waals surface area contributed by atoms with Crippen LogP contribution in [0.5, 0.6) is 0 Å². The molecule has 1 atom stereocenters. The second-order valence-corrected chi connectivity index (χ2v) is 11.9. The summed E-state index contributed by atoms with van der Waals surface area (Å²) in [6.45, 7) is 7.57. The molecule has 0 spiro atoms. The number of carboxylic acid groups (broad SMARTS) is 1. The molecule has 0 bridgehead atoms. The van der Waals surface area contributed by atoms with Crippen molar-refractivity contribution in [1.29, 1.82) is 0 Å². The molecule has 24 heavy (non-hydrogen) atoms. The summed E-state index contributed by atoms with van der Waals surface area (Å²) >= 11 is 0. The van der Waals surface area contributed by atoms with Gasteiger partial charge in [0, 0.05) is 6.42 Å². The lowest BCUT2D eigenvalue weighted by molar-refractivity contribution is -0.143. The number of carbonyl (C=O) groups excluding carboxylic acids is 1. The summed E-state index contributed by atoms with van der Waals surface area (Å²) < 4.78 is 0. The summed E-state index contributed by atoms with van der Waals surface area (Å²) in [5.74, 6) is -1.23. The number of hydrogen-bond acceptors (Lipinski definition) is 3. The van der Waals surface area contributed by atoms with Gasteiger partial charge < -0.3 is 15.2 Å². The van der Waals surface area contributed by atoms with Gasteiger partial charge in [0.25, 0.3) is 0 Å². The number of unbranched alkanes of at least 4 members (excludes halogenated alkanes) is 7. The van der Waals surface area contributed by atoms with Gasteiger partial charge in [0.1, 0.15) is 6.04 Å². The molecule has 0 saturated heterocycles. The SMILES string of the molecule is CC(C)[C@H](NC(=O)CCCCCCCCCC[Si](C)(C)O)C(=O)O. The highest BCUT2D eigenvalue weighted by molar-refractivity contribution is 6.69. The molecule has 5 nitrogen and oxygen atoms in total. The Hall–Kier alpha value is -0.883. The number of nitrogens with one attached hydrogen (secondary N) is 1. The van der Waals surface area contributed by atoms with Crippen LogP contribution in [0.2, 0.25) is 19.1 Å². The van der Waals surface area contributed by atoms with Crippen LogP contribution in [0.25, 0.3) is 0 Å². The highest BCUT2D eigenvalue weighted by atomic mass is 28.4. The Morgan fingerprint density at radius 1 is 0.917 bits per heavy atom. The molecule has 0 aliphatic carbocycles. The minimum absolute atomic E-state index is 0.106. The maximum Gasteiger partial charge on any atom is 0.326 e. The lowest BCUT2D eigenvalue weighted by atomic mass is 10.0. The number of rotatable bonds is 14. The highest BCUT2D eigenvalue weighted by Crippen LogP contribution is 2.14. The van der Waals surface area contributed by atoms with E-state index in [9.17, 15) is 14.4 Å². The Morgan fingerprint density at radius 3 is 1.79 bits per heavy atom. The third-order valence-electron chi connectivity index (χ3n) is 4.19. The van der Waals surface area contributed by atoms with E-state index >= 15 is 0 Å². The van der Waals surface area contributed by atoms with Gasteiger partial charge in [0.2, 0.25) is 5.91 Å². The molecular formula is C18H37NO4Si. The van der Waals surface area contributed by atoms with Gasteiger partial charge in [0.05, 0.1) is 0 Å². The zero-order valence-corrected chi connectivity index (χ0v) is 16.9. The summed E-state index contributed by atoms with van der Waals surface area (Å²) in [5.41, 5.74) is 0. The predicted octanol–water partition coefficient (Wildman–Crippen LogP) is 3.92. The van der Waals surface area contributed by atoms with Crippen molar-refractivity contribution in [1.82, 2.24) is 5.32 Å². The fraction of sp³-hybridized carbons (Fsp3) is 0.889. The Morgan fingerprint density at radius 2 is 1.38 bits per heavy atom. The Labute approximate surface area is 148 Å². The van der Waals surface area contributed by atoms with Gasteiger partial charge in [-0.3, -0.25) is 4.79 Å². The van der Waals surface area contributed by atoms with Crippen LogP contribution in [-0.4, -0.2) is 36.1 Å². The quantitative estimate of drug-likeness (QED) is 0.324. The topological polar surface area (TPSA) is 86.6 Å². The Balaban J connectivity index is 3.53. The number of hydrogen-bond donors (Lipinski definition) is 3. The highest BCUT2D eigenvalue weighted by Gasteiger charge is 2.22. The van der Waals surface area contributed by atoms with Crippen molar-refractivity contribution >= 4 is 20.2 Å². The molecule has 0 radical (unpaired) electrons. The zero-order valence-electron chi connectivity index (χ0n) is 15.9. The molecule has 0 aliphatic rings. The second-order valence-electron chi connectivity index (χ2n) is 7.77. The average molecular weight is 360 g/mol. The maximum atomic E-state index is 11.8. The molecule has 142 valence electrons. The summed E-state index contributed by atoms with van der Waals surface area (Å²) in [6, 6.07) is 0.208. The third-order valence-corrected chi connectivity index (χ3v) is 5.77. The first-order valence-corrected chi connectivity index (χ1v) is 12.5. The van der Waals surface area contributed by atoms with Crippen molar-refractivity contribution in [2.75, 3.05) is 0 Å². The first-order chi connectivity index (χ1) is 11.1. The zero-order chi connectivity index (χ0) is 18.6. The maximum absolute atomic E-state index is 11.8. The van der Waals surface area contributed by atoms with Gasteiger partial charge in [-0.15, -0.1) is 0 Å². The van der Waals surface area contributed by atoms with Crippen molar-refractivity contribution < 1.29 is 19.5 Å². The standard InChI is InChI=1S/C18H37NO4Si/c1-15(2)17(18(21)22)19-16(20)13-11-9-7-5-6-8-10-12-14-24(3,4)23/h15,17,23H,5-14H2,1-4H3,(H,19,20)(H,21,22)/t17-/m0/s1. The molecule has 6 heteroatoms. The Bertz CT molecular complexity index is 367. The van der Waals surface area contributed by atoms with Crippen molar-refractivity contribution in [3.05, 3.63) is 0 Å². The monoisotopic (exact) mass is 359 g/mol. The minimum Gasteiger partial charge on any atom is -0.480 e. The molecule has 0 aromatic rings. The number of carboxylic acids is 1. The van der Waals surface area contributed by atoms with Crippen LogP contribution >= 0.6 is 0 Å². The molecule has 1 amide bonds. The van der Waals surface area contributed by atoms with Gasteiger partial charge >= 0.3 is 5.97 Å². The molecule has 0 heterocycles. The summed E-state index contributed by atoms with van der Waals surface area (Å²) in [6.07, 6.45) is 9.33. The van der Waals surface area contributed by atoms with Gasteiger partial charge in [-0.25, -0.2) is 4.79 Å². The van der Waals surface area contributed by atoms with Crippen LogP contribution in [0, 0.1) is 5.92 Å². The molecule has 0 aliphatic heterocycles. The molecule has 0 unspecified atom stereocenters. The smallest absolute Gasteiger partial charge is 0.326 e. The molecule has 0 saturated carbocycles. The van der Waals surface area contributed by atoms with E-state index in [0.717, 1.165) is 31.7 Å². The van der Waals surface area contributed by atoms with E-state index in [1.807, 2.05) is 13.1 Å². The van der Waals surface area contributed by atoms with Gasteiger partial charge in [-0.05, 0) is 31.5 Å². The van der Waals surface area contributed by atoms with Gasteiger partial charge in [0.15, 0.2) is 8.32 Å². The average Bonchev–Trinajstić information content (AvgIpc) is 2.44. The van der Waals surface area contributed by atoms with Crippen LogP contribution < -0.4 is 5.32 Å². The molecular weight excluding hydrogens is 322 g/mol. The summed E-state index contributed by atoms with van der Waals surface area (Å²) in [5, 5.41) is 11.6. The molecule has 0 aromatic carbocycles. The number of amides is 1. The summed E-state index contributed by atoms with van der Waals surface area (Å²) in [7, 11) is -1.85. The first kappa shape index (κ1) is 23.1. The minimum atomic E-state index is -1.85. The van der Waals surface area contributed by atoms with Gasteiger partial charge in [-0.2, -0.15) is 0 Å². The fourth-order valence-electron chi connectivity index (χ4n) is 2.66. The van der Waals surface area contributed by atoms with Crippen LogP contribution in [-0.2, 0) is 9.59 Å². The summed E-state index contributed by atoms with van der Waals surface area (Å²) in [4.78, 5) is 32.5. The van der Waals surface area contributed by atoms with Crippen LogP contribution in [0.4, 0.5) is 0 Å². The van der Waals surface area contributed by atoms with Crippen LogP contribution in [0.15, 0.2) is 0 Å². The lowest BCUT2D eigenvalue weighted by Crippen LogP contribution is -2.44. The van der Waals surface area contributed by atoms with Crippen LogP contribution in [0.3, 0.4) is 0 Å². The van der Waals surface area contributed by atoms with E-state index in [0.29, 0.717) is 6.42 Å². The Kier molecular flexibility index (Phi) is 12.0. The van der Waals surface area contributed by atoms with Crippen LogP contribution in [0.1, 0.15) is 71.6 Å². The van der Waals surface area contributed by atoms with E-state index in [-0.39, 0.29) is 11.8 Å². The molecule has 0 fully saturated rings. The first-order valence-electron chi connectivity index (χ1n) is 9.38. The normalized spacial score (nSPS) is 13.1. The van der Waals surface area contributed by atoms with Crippen molar-refractivity contribution in [2.45, 2.75) is 96.8 Å². The van der Waals surface area contributed by atoms with Crippen molar-refractivity contribution in [3.8, 4) is 0 Å². The van der Waals surface area contributed by atoms with E-state index in [1.54, 1.807) is 13.8 Å². The van der Waals surface area contributed by atoms with E-state index in [1.165, 1.54) is 25.7 Å².